The van der Waals surface area contributed by atoms with Crippen molar-refractivity contribution in [3.63, 3.8) is 0 Å². The van der Waals surface area contributed by atoms with Crippen LogP contribution in [-0.2, 0) is 0 Å². The average Bonchev–Trinajstić information content (AvgIpc) is 2.35. The largest absolute Gasteiger partial charge is 0.479 e. The molecule has 18 heavy (non-hydrogen) atoms. The minimum Gasteiger partial charge on any atom is -0.479 e. The van der Waals surface area contributed by atoms with Gasteiger partial charge in [0.25, 0.3) is 0 Å². The number of methoxy groups -OCH3 is 1. The molecule has 0 atom stereocenters. The Morgan fingerprint density at radius 1 is 1.28 bits per heavy atom. The fourth-order valence-corrected chi connectivity index (χ4v) is 1.78. The van der Waals surface area contributed by atoms with Crippen LogP contribution < -0.4 is 15.4 Å². The quantitative estimate of drug-likeness (QED) is 0.777. The van der Waals surface area contributed by atoms with Crippen LogP contribution >= 0.6 is 0 Å². The van der Waals surface area contributed by atoms with Crippen molar-refractivity contribution in [1.29, 1.82) is 0 Å². The number of nitrogens with two attached hydrogens (primary N) is 1. The number of nitrogen functional groups attached to an aromatic ring is 1. The highest BCUT2D eigenvalue weighted by Crippen LogP contribution is 2.27. The second-order valence-corrected chi connectivity index (χ2v) is 4.36. The van der Waals surface area contributed by atoms with E-state index >= 15 is 0 Å². The van der Waals surface area contributed by atoms with E-state index in [1.807, 2.05) is 0 Å². The lowest BCUT2D eigenvalue weighted by molar-refractivity contribution is 0.397. The van der Waals surface area contributed by atoms with Crippen molar-refractivity contribution >= 4 is 11.5 Å². The van der Waals surface area contributed by atoms with Crippen molar-refractivity contribution < 1.29 is 4.74 Å². The lowest BCUT2D eigenvalue weighted by atomic mass is 10.3. The molecule has 0 unspecified atom stereocenters. The molecule has 102 valence electrons. The summed E-state index contributed by atoms with van der Waals surface area (Å²) in [6.07, 6.45) is 2.55. The minimum absolute atomic E-state index is 0.436. The summed E-state index contributed by atoms with van der Waals surface area (Å²) in [7, 11) is 5.70. The van der Waals surface area contributed by atoms with E-state index in [4.69, 9.17) is 10.5 Å². The van der Waals surface area contributed by atoms with Gasteiger partial charge in [-0.25, -0.2) is 4.98 Å². The Labute approximate surface area is 109 Å². The summed E-state index contributed by atoms with van der Waals surface area (Å²) in [6.45, 7) is 4.90. The molecule has 1 rings (SSSR count). The second-order valence-electron chi connectivity index (χ2n) is 4.36. The summed E-state index contributed by atoms with van der Waals surface area (Å²) in [5.41, 5.74) is 6.51. The van der Waals surface area contributed by atoms with Crippen LogP contribution in [0.1, 0.15) is 13.3 Å². The van der Waals surface area contributed by atoms with E-state index in [-0.39, 0.29) is 0 Å². The minimum atomic E-state index is 0.436. The average molecular weight is 253 g/mol. The molecule has 1 aromatic rings. The molecule has 0 saturated carbocycles. The van der Waals surface area contributed by atoms with Crippen LogP contribution in [0.25, 0.3) is 0 Å². The van der Waals surface area contributed by atoms with E-state index in [1.165, 1.54) is 6.33 Å². The molecular weight excluding hydrogens is 230 g/mol. The molecule has 0 spiro atoms. The number of aromatic nitrogens is 2. The summed E-state index contributed by atoms with van der Waals surface area (Å²) in [6, 6.07) is 0. The van der Waals surface area contributed by atoms with Crippen molar-refractivity contribution in [3.8, 4) is 5.88 Å². The zero-order chi connectivity index (χ0) is 13.5. The molecule has 0 bridgehead atoms. The van der Waals surface area contributed by atoms with Crippen LogP contribution in [0.3, 0.4) is 0 Å². The van der Waals surface area contributed by atoms with E-state index < -0.39 is 0 Å². The fourth-order valence-electron chi connectivity index (χ4n) is 1.78. The van der Waals surface area contributed by atoms with Crippen LogP contribution in [-0.4, -0.2) is 55.7 Å². The molecule has 0 aliphatic heterocycles. The standard InChI is InChI=1S/C12H23N5O/c1-5-17(8-6-7-16(2)3)11-10(13)12(18-4)15-9-14-11/h9H,5-8,13H2,1-4H3. The first-order valence-corrected chi connectivity index (χ1v) is 6.14. The van der Waals surface area contributed by atoms with E-state index in [1.54, 1.807) is 7.11 Å². The lowest BCUT2D eigenvalue weighted by Gasteiger charge is -2.24. The Balaban J connectivity index is 2.75. The highest BCUT2D eigenvalue weighted by Gasteiger charge is 2.14. The smallest absolute Gasteiger partial charge is 0.242 e. The molecule has 0 fully saturated rings. The van der Waals surface area contributed by atoms with Crippen LogP contribution in [0.2, 0.25) is 0 Å². The van der Waals surface area contributed by atoms with Gasteiger partial charge in [-0.3, -0.25) is 0 Å². The Hall–Kier alpha value is -1.56. The molecule has 0 amide bonds. The first kappa shape index (κ1) is 14.5. The third-order valence-electron chi connectivity index (χ3n) is 2.73. The summed E-state index contributed by atoms with van der Waals surface area (Å²) in [4.78, 5) is 12.5. The number of hydrogen-bond donors (Lipinski definition) is 1. The van der Waals surface area contributed by atoms with E-state index in [9.17, 15) is 0 Å². The lowest BCUT2D eigenvalue weighted by Crippen LogP contribution is -2.28. The maximum atomic E-state index is 6.00. The molecule has 0 radical (unpaired) electrons. The van der Waals surface area contributed by atoms with Gasteiger partial charge in [-0.05, 0) is 34.0 Å². The van der Waals surface area contributed by atoms with Crippen molar-refractivity contribution in [3.05, 3.63) is 6.33 Å². The van der Waals surface area contributed by atoms with Crippen LogP contribution in [0.15, 0.2) is 6.33 Å². The molecule has 0 aromatic carbocycles. The Kier molecular flexibility index (Phi) is 5.64. The predicted molar refractivity (Wildman–Crippen MR) is 74.1 cm³/mol. The summed E-state index contributed by atoms with van der Waals surface area (Å²) >= 11 is 0. The molecule has 0 saturated heterocycles. The second kappa shape index (κ2) is 7.00. The Morgan fingerprint density at radius 2 is 2.00 bits per heavy atom. The normalized spacial score (nSPS) is 10.7. The van der Waals surface area contributed by atoms with Gasteiger partial charge in [0.05, 0.1) is 7.11 Å². The maximum Gasteiger partial charge on any atom is 0.242 e. The van der Waals surface area contributed by atoms with Gasteiger partial charge in [0, 0.05) is 13.1 Å². The predicted octanol–water partition coefficient (Wildman–Crippen LogP) is 0.845. The first-order valence-electron chi connectivity index (χ1n) is 6.14. The summed E-state index contributed by atoms with van der Waals surface area (Å²) in [5.74, 6) is 1.19. The Bertz CT molecular complexity index is 369. The van der Waals surface area contributed by atoms with E-state index in [0.29, 0.717) is 11.6 Å². The topological polar surface area (TPSA) is 67.5 Å². The fraction of sp³-hybridized carbons (Fsp3) is 0.667. The number of anilines is 2. The van der Waals surface area contributed by atoms with Gasteiger partial charge < -0.3 is 20.3 Å². The zero-order valence-electron chi connectivity index (χ0n) is 11.7. The van der Waals surface area contributed by atoms with Crippen molar-refractivity contribution in [1.82, 2.24) is 14.9 Å². The van der Waals surface area contributed by atoms with E-state index in [0.717, 1.165) is 31.9 Å². The van der Waals surface area contributed by atoms with Gasteiger partial charge in [-0.15, -0.1) is 0 Å². The number of nitrogens with zero attached hydrogens (tertiary/aromatic N) is 4. The van der Waals surface area contributed by atoms with Crippen LogP contribution in [0.4, 0.5) is 11.5 Å². The SMILES string of the molecule is CCN(CCCN(C)C)c1ncnc(OC)c1N. The molecule has 0 aliphatic rings. The molecule has 1 aromatic heterocycles. The zero-order valence-corrected chi connectivity index (χ0v) is 11.7. The van der Waals surface area contributed by atoms with Crippen molar-refractivity contribution in [2.75, 3.05) is 51.5 Å². The molecule has 6 nitrogen and oxygen atoms in total. The maximum absolute atomic E-state index is 6.00. The van der Waals surface area contributed by atoms with Crippen molar-refractivity contribution in [2.24, 2.45) is 0 Å². The van der Waals surface area contributed by atoms with Gasteiger partial charge >= 0.3 is 0 Å². The number of ether oxygens (including phenoxy) is 1. The molecular formula is C12H23N5O. The third-order valence-corrected chi connectivity index (χ3v) is 2.73. The monoisotopic (exact) mass is 253 g/mol. The highest BCUT2D eigenvalue weighted by molar-refractivity contribution is 5.67. The van der Waals surface area contributed by atoms with Gasteiger partial charge in [-0.1, -0.05) is 0 Å². The molecule has 6 heteroatoms. The summed E-state index contributed by atoms with van der Waals surface area (Å²) < 4.78 is 5.11. The van der Waals surface area contributed by atoms with Crippen molar-refractivity contribution in [2.45, 2.75) is 13.3 Å². The van der Waals surface area contributed by atoms with Gasteiger partial charge in [0.15, 0.2) is 5.82 Å². The van der Waals surface area contributed by atoms with Gasteiger partial charge in [0.2, 0.25) is 5.88 Å². The highest BCUT2D eigenvalue weighted by atomic mass is 16.5. The number of hydrogen-bond acceptors (Lipinski definition) is 6. The Morgan fingerprint density at radius 3 is 2.56 bits per heavy atom. The molecule has 2 N–H and O–H groups in total. The van der Waals surface area contributed by atoms with Crippen LogP contribution in [0, 0.1) is 0 Å². The summed E-state index contributed by atoms with van der Waals surface area (Å²) in [5, 5.41) is 0. The molecule has 0 aliphatic carbocycles. The molecule has 1 heterocycles. The number of rotatable bonds is 7. The third kappa shape index (κ3) is 3.73. The van der Waals surface area contributed by atoms with E-state index in [2.05, 4.69) is 40.8 Å². The van der Waals surface area contributed by atoms with Gasteiger partial charge in [0.1, 0.15) is 12.0 Å². The van der Waals surface area contributed by atoms with Crippen LogP contribution in [0.5, 0.6) is 5.88 Å². The first-order chi connectivity index (χ1) is 8.60. The van der Waals surface area contributed by atoms with Gasteiger partial charge in [-0.2, -0.15) is 4.98 Å².